The fourth-order valence-electron chi connectivity index (χ4n) is 1.62. The average Bonchev–Trinajstić information content (AvgIpc) is 2.99. The van der Waals surface area contributed by atoms with E-state index < -0.39 is 16.0 Å². The van der Waals surface area contributed by atoms with Crippen LogP contribution in [0.5, 0.6) is 0 Å². The second kappa shape index (κ2) is 6.04. The monoisotopic (exact) mass is 331 g/mol. The Morgan fingerprint density at radius 1 is 1.35 bits per heavy atom. The van der Waals surface area contributed by atoms with Gasteiger partial charge in [-0.2, -0.15) is 15.6 Å². The molecule has 0 aliphatic heterocycles. The maximum atomic E-state index is 12.3. The summed E-state index contributed by atoms with van der Waals surface area (Å²) in [5.74, 6) is -0.970. The van der Waals surface area contributed by atoms with Crippen molar-refractivity contribution in [3.05, 3.63) is 39.4 Å². The molecule has 0 bridgehead atoms. The summed E-state index contributed by atoms with van der Waals surface area (Å²) in [6.07, 6.45) is -0.158. The van der Waals surface area contributed by atoms with Crippen LogP contribution >= 0.6 is 22.7 Å². The highest BCUT2D eigenvalue weighted by Gasteiger charge is 2.23. The van der Waals surface area contributed by atoms with Crippen LogP contribution in [-0.4, -0.2) is 30.8 Å². The third-order valence-corrected chi connectivity index (χ3v) is 6.70. The zero-order chi connectivity index (χ0) is 14.8. The lowest BCUT2D eigenvalue weighted by atomic mass is 10.3. The van der Waals surface area contributed by atoms with E-state index in [9.17, 15) is 13.2 Å². The topological polar surface area (TPSA) is 74.7 Å². The maximum Gasteiger partial charge on any atom is 0.308 e. The van der Waals surface area contributed by atoms with Gasteiger partial charge >= 0.3 is 5.97 Å². The molecule has 0 aliphatic carbocycles. The van der Waals surface area contributed by atoms with Crippen LogP contribution in [0.4, 0.5) is 0 Å². The van der Waals surface area contributed by atoms with Crippen LogP contribution < -0.4 is 0 Å². The van der Waals surface area contributed by atoms with Crippen molar-refractivity contribution in [3.63, 3.8) is 0 Å². The van der Waals surface area contributed by atoms with Crippen LogP contribution in [-0.2, 0) is 27.8 Å². The number of hydrogen-bond acceptors (Lipinski definition) is 5. The van der Waals surface area contributed by atoms with Crippen molar-refractivity contribution < 1.29 is 18.3 Å². The van der Waals surface area contributed by atoms with Crippen LogP contribution in [0.15, 0.2) is 33.2 Å². The molecule has 0 aromatic carbocycles. The van der Waals surface area contributed by atoms with Crippen molar-refractivity contribution in [1.29, 1.82) is 0 Å². The minimum Gasteiger partial charge on any atom is -0.481 e. The van der Waals surface area contributed by atoms with E-state index in [2.05, 4.69) is 0 Å². The molecule has 1 N–H and O–H groups in total. The highest BCUT2D eigenvalue weighted by atomic mass is 32.2. The lowest BCUT2D eigenvalue weighted by molar-refractivity contribution is -0.136. The van der Waals surface area contributed by atoms with Crippen LogP contribution in [0.25, 0.3) is 0 Å². The SMILES string of the molecule is CN(Cc1ccsc1)S(=O)(=O)c1ccc(CC(=O)O)s1. The van der Waals surface area contributed by atoms with Crippen LogP contribution in [0.1, 0.15) is 10.4 Å². The summed E-state index contributed by atoms with van der Waals surface area (Å²) in [5, 5.41) is 12.5. The minimum absolute atomic E-state index is 0.158. The van der Waals surface area contributed by atoms with Gasteiger partial charge in [0.05, 0.1) is 6.42 Å². The lowest BCUT2D eigenvalue weighted by Gasteiger charge is -2.15. The first-order valence-corrected chi connectivity index (χ1v) is 8.87. The second-order valence-corrected chi connectivity index (χ2v) is 8.40. The molecule has 8 heteroatoms. The summed E-state index contributed by atoms with van der Waals surface area (Å²) in [6, 6.07) is 4.88. The molecular weight excluding hydrogens is 318 g/mol. The second-order valence-electron chi connectivity index (χ2n) is 4.18. The summed E-state index contributed by atoms with van der Waals surface area (Å²) >= 11 is 2.52. The predicted molar refractivity (Wildman–Crippen MR) is 78.6 cm³/mol. The van der Waals surface area contributed by atoms with E-state index in [0.717, 1.165) is 16.9 Å². The van der Waals surface area contributed by atoms with Gasteiger partial charge in [0.25, 0.3) is 10.0 Å². The van der Waals surface area contributed by atoms with Gasteiger partial charge in [0.15, 0.2) is 0 Å². The van der Waals surface area contributed by atoms with Gasteiger partial charge in [-0.15, -0.1) is 11.3 Å². The van der Waals surface area contributed by atoms with E-state index in [1.165, 1.54) is 28.8 Å². The molecule has 2 aromatic heterocycles. The van der Waals surface area contributed by atoms with Gasteiger partial charge in [0.2, 0.25) is 0 Å². The number of sulfonamides is 1. The minimum atomic E-state index is -3.57. The molecule has 2 rings (SSSR count). The van der Waals surface area contributed by atoms with Crippen LogP contribution in [0, 0.1) is 0 Å². The summed E-state index contributed by atoms with van der Waals surface area (Å²) in [4.78, 5) is 11.1. The number of carboxylic acids is 1. The molecular formula is C12H13NO4S3. The fourth-order valence-corrected chi connectivity index (χ4v) is 5.00. The molecule has 2 heterocycles. The molecule has 0 radical (unpaired) electrons. The van der Waals surface area contributed by atoms with Gasteiger partial charge in [0, 0.05) is 18.5 Å². The van der Waals surface area contributed by atoms with Gasteiger partial charge in [-0.1, -0.05) is 0 Å². The third-order valence-electron chi connectivity index (χ3n) is 2.61. The zero-order valence-corrected chi connectivity index (χ0v) is 13.1. The van der Waals surface area contributed by atoms with Gasteiger partial charge in [0.1, 0.15) is 4.21 Å². The first-order valence-electron chi connectivity index (χ1n) is 5.67. The van der Waals surface area contributed by atoms with Crippen LogP contribution in [0.3, 0.4) is 0 Å². The lowest BCUT2D eigenvalue weighted by Crippen LogP contribution is -2.25. The number of hydrogen-bond donors (Lipinski definition) is 1. The van der Waals surface area contributed by atoms with E-state index in [0.29, 0.717) is 11.4 Å². The molecule has 0 saturated carbocycles. The average molecular weight is 331 g/mol. The Kier molecular flexibility index (Phi) is 4.59. The fraction of sp³-hybridized carbons (Fsp3) is 0.250. The van der Waals surface area contributed by atoms with E-state index >= 15 is 0 Å². The van der Waals surface area contributed by atoms with Gasteiger partial charge < -0.3 is 5.11 Å². The molecule has 0 fully saturated rings. The highest BCUT2D eigenvalue weighted by Crippen LogP contribution is 2.25. The molecule has 0 spiro atoms. The molecule has 20 heavy (non-hydrogen) atoms. The molecule has 5 nitrogen and oxygen atoms in total. The first-order chi connectivity index (χ1) is 9.39. The Labute approximate surface area is 125 Å². The predicted octanol–water partition coefficient (Wildman–Crippen LogP) is 2.26. The molecule has 2 aromatic rings. The van der Waals surface area contributed by atoms with E-state index in [-0.39, 0.29) is 10.6 Å². The Hall–Kier alpha value is -1.22. The van der Waals surface area contributed by atoms with E-state index in [1.54, 1.807) is 6.07 Å². The number of nitrogens with zero attached hydrogens (tertiary/aromatic N) is 1. The van der Waals surface area contributed by atoms with Crippen molar-refractivity contribution >= 4 is 38.7 Å². The van der Waals surface area contributed by atoms with Gasteiger partial charge in [-0.25, -0.2) is 8.42 Å². The number of rotatable bonds is 6. The van der Waals surface area contributed by atoms with Crippen molar-refractivity contribution in [2.75, 3.05) is 7.05 Å². The largest absolute Gasteiger partial charge is 0.481 e. The molecule has 0 saturated heterocycles. The number of carbonyl (C=O) groups is 1. The molecule has 0 atom stereocenters. The normalized spacial score (nSPS) is 11.9. The Morgan fingerprint density at radius 2 is 2.10 bits per heavy atom. The number of aliphatic carboxylic acids is 1. The summed E-state index contributed by atoms with van der Waals surface area (Å²) in [7, 11) is -2.05. The number of thiophene rings is 2. The van der Waals surface area contributed by atoms with Crippen molar-refractivity contribution in [1.82, 2.24) is 4.31 Å². The van der Waals surface area contributed by atoms with Gasteiger partial charge in [-0.05, 0) is 34.5 Å². The summed E-state index contributed by atoms with van der Waals surface area (Å²) in [5.41, 5.74) is 0.934. The third kappa shape index (κ3) is 3.45. The number of carboxylic acid groups (broad SMARTS) is 1. The Morgan fingerprint density at radius 3 is 2.70 bits per heavy atom. The Balaban J connectivity index is 2.16. The Bertz CT molecular complexity index is 688. The summed E-state index contributed by atoms with van der Waals surface area (Å²) < 4.78 is 26.1. The zero-order valence-electron chi connectivity index (χ0n) is 10.6. The standard InChI is InChI=1S/C12H13NO4S3/c1-13(7-9-4-5-18-8-9)20(16,17)12-3-2-10(19-12)6-11(14)15/h2-5,8H,6-7H2,1H3,(H,14,15). The molecule has 108 valence electrons. The van der Waals surface area contributed by atoms with Crippen LogP contribution in [0.2, 0.25) is 0 Å². The van der Waals surface area contributed by atoms with E-state index in [4.69, 9.17) is 5.11 Å². The molecule has 0 unspecified atom stereocenters. The molecule has 0 amide bonds. The summed E-state index contributed by atoms with van der Waals surface area (Å²) in [6.45, 7) is 0.304. The van der Waals surface area contributed by atoms with Gasteiger partial charge in [-0.3, -0.25) is 4.79 Å². The maximum absolute atomic E-state index is 12.3. The van der Waals surface area contributed by atoms with E-state index in [1.807, 2.05) is 16.8 Å². The molecule has 0 aliphatic rings. The van der Waals surface area contributed by atoms with Crippen molar-refractivity contribution in [3.8, 4) is 0 Å². The van der Waals surface area contributed by atoms with Crippen molar-refractivity contribution in [2.45, 2.75) is 17.2 Å². The smallest absolute Gasteiger partial charge is 0.308 e. The first kappa shape index (κ1) is 15.2. The quantitative estimate of drug-likeness (QED) is 0.881. The highest BCUT2D eigenvalue weighted by molar-refractivity contribution is 7.91. The van der Waals surface area contributed by atoms with Crippen molar-refractivity contribution in [2.24, 2.45) is 0 Å².